The van der Waals surface area contributed by atoms with Crippen molar-refractivity contribution in [3.8, 4) is 0 Å². The Morgan fingerprint density at radius 2 is 2.29 bits per heavy atom. The Labute approximate surface area is 121 Å². The number of carbonyl (C=O) groups is 1. The summed E-state index contributed by atoms with van der Waals surface area (Å²) >= 11 is 0. The summed E-state index contributed by atoms with van der Waals surface area (Å²) in [6.07, 6.45) is 3.40. The van der Waals surface area contributed by atoms with Crippen molar-refractivity contribution in [2.45, 2.75) is 25.5 Å². The van der Waals surface area contributed by atoms with Gasteiger partial charge < -0.3 is 10.1 Å². The average Bonchev–Trinajstić information content (AvgIpc) is 3.02. The molecular weight excluding hydrogens is 270 g/mol. The zero-order valence-corrected chi connectivity index (χ0v) is 11.6. The summed E-state index contributed by atoms with van der Waals surface area (Å²) < 4.78 is 7.00. The minimum absolute atomic E-state index is 0.0908. The molecule has 1 fully saturated rings. The molecule has 0 aliphatic carbocycles. The van der Waals surface area contributed by atoms with E-state index in [2.05, 4.69) is 10.4 Å². The Morgan fingerprint density at radius 3 is 3.10 bits per heavy atom. The number of nitrogens with zero attached hydrogens (tertiary/aromatic N) is 2. The molecule has 6 heteroatoms. The van der Waals surface area contributed by atoms with Gasteiger partial charge in [-0.1, -0.05) is 12.1 Å². The van der Waals surface area contributed by atoms with Crippen LogP contribution in [0.2, 0.25) is 0 Å². The Balaban J connectivity index is 1.71. The van der Waals surface area contributed by atoms with Gasteiger partial charge >= 0.3 is 0 Å². The van der Waals surface area contributed by atoms with Crippen LogP contribution in [0.4, 0.5) is 0 Å². The zero-order valence-electron chi connectivity index (χ0n) is 11.6. The van der Waals surface area contributed by atoms with E-state index in [0.29, 0.717) is 17.4 Å². The van der Waals surface area contributed by atoms with Crippen LogP contribution in [0.5, 0.6) is 0 Å². The number of carbonyl (C=O) groups excluding carboxylic acids is 1. The fraction of sp³-hybridized carbons (Fsp3) is 0.400. The lowest BCUT2D eigenvalue weighted by molar-refractivity contribution is -0.122. The van der Waals surface area contributed by atoms with Gasteiger partial charge in [-0.05, 0) is 25.0 Å². The number of ether oxygens (including phenoxy) is 1. The van der Waals surface area contributed by atoms with E-state index in [1.54, 1.807) is 22.9 Å². The minimum atomic E-state index is -0.137. The van der Waals surface area contributed by atoms with Crippen LogP contribution in [0.1, 0.15) is 12.8 Å². The molecule has 1 N–H and O–H groups in total. The van der Waals surface area contributed by atoms with Crippen LogP contribution in [0, 0.1) is 0 Å². The van der Waals surface area contributed by atoms with E-state index < -0.39 is 0 Å². The van der Waals surface area contributed by atoms with E-state index >= 15 is 0 Å². The molecule has 1 aromatic carbocycles. The summed E-state index contributed by atoms with van der Waals surface area (Å²) in [6.45, 7) is 1.39. The molecule has 21 heavy (non-hydrogen) atoms. The molecule has 1 amide bonds. The maximum absolute atomic E-state index is 12.0. The van der Waals surface area contributed by atoms with Gasteiger partial charge in [-0.25, -0.2) is 0 Å². The highest BCUT2D eigenvalue weighted by Crippen LogP contribution is 2.11. The molecule has 0 radical (unpaired) electrons. The molecule has 6 nitrogen and oxygen atoms in total. The molecule has 1 aliphatic rings. The molecule has 0 spiro atoms. The highest BCUT2D eigenvalue weighted by atomic mass is 16.5. The molecule has 0 bridgehead atoms. The third-order valence-corrected chi connectivity index (χ3v) is 3.61. The number of benzene rings is 1. The van der Waals surface area contributed by atoms with Gasteiger partial charge in [-0.2, -0.15) is 5.10 Å². The van der Waals surface area contributed by atoms with Crippen LogP contribution < -0.4 is 10.7 Å². The molecule has 2 aromatic rings. The molecule has 0 saturated carbocycles. The highest BCUT2D eigenvalue weighted by Gasteiger charge is 2.16. The van der Waals surface area contributed by atoms with Crippen molar-refractivity contribution < 1.29 is 9.53 Å². The third-order valence-electron chi connectivity index (χ3n) is 3.61. The first-order chi connectivity index (χ1) is 10.2. The number of fused-ring (bicyclic) bond motifs is 1. The Bertz CT molecular complexity index is 705. The molecule has 1 unspecified atom stereocenters. The molecule has 3 rings (SSSR count). The van der Waals surface area contributed by atoms with Gasteiger partial charge in [0.2, 0.25) is 11.3 Å². The van der Waals surface area contributed by atoms with Gasteiger partial charge in [0.15, 0.2) is 0 Å². The van der Waals surface area contributed by atoms with E-state index in [9.17, 15) is 9.59 Å². The van der Waals surface area contributed by atoms with Crippen LogP contribution in [-0.2, 0) is 16.1 Å². The Hall–Kier alpha value is -2.21. The van der Waals surface area contributed by atoms with Crippen molar-refractivity contribution in [3.05, 3.63) is 40.7 Å². The van der Waals surface area contributed by atoms with Crippen LogP contribution >= 0.6 is 0 Å². The number of nitrogens with one attached hydrogen (secondary N) is 1. The van der Waals surface area contributed by atoms with Crippen molar-refractivity contribution in [3.63, 3.8) is 0 Å². The summed E-state index contributed by atoms with van der Waals surface area (Å²) in [6, 6.07) is 7.15. The van der Waals surface area contributed by atoms with Crippen molar-refractivity contribution in [2.75, 3.05) is 13.2 Å². The lowest BCUT2D eigenvalue weighted by Gasteiger charge is -2.12. The summed E-state index contributed by atoms with van der Waals surface area (Å²) in [5.41, 5.74) is 0.527. The number of amides is 1. The van der Waals surface area contributed by atoms with Crippen molar-refractivity contribution >= 4 is 16.8 Å². The van der Waals surface area contributed by atoms with E-state index in [4.69, 9.17) is 4.74 Å². The standard InChI is InChI=1S/C15H17N3O3/c19-14-9-17-18(13-6-2-1-5-12(13)14)10-15(20)16-8-11-4-3-7-21-11/h1-2,5-6,9,11H,3-4,7-8,10H2,(H,16,20). The number of para-hydroxylation sites is 1. The monoisotopic (exact) mass is 287 g/mol. The van der Waals surface area contributed by atoms with Gasteiger partial charge in [-0.15, -0.1) is 0 Å². The van der Waals surface area contributed by atoms with Crippen molar-refractivity contribution in [1.29, 1.82) is 0 Å². The predicted octanol–water partition coefficient (Wildman–Crippen LogP) is 0.692. The second-order valence-corrected chi connectivity index (χ2v) is 5.12. The molecule has 1 aliphatic heterocycles. The Morgan fingerprint density at radius 1 is 1.43 bits per heavy atom. The number of hydrogen-bond acceptors (Lipinski definition) is 4. The smallest absolute Gasteiger partial charge is 0.241 e. The molecule has 110 valence electrons. The quantitative estimate of drug-likeness (QED) is 0.898. The number of rotatable bonds is 4. The second kappa shape index (κ2) is 6.05. The summed E-state index contributed by atoms with van der Waals surface area (Å²) in [5, 5.41) is 7.46. The number of hydrogen-bond donors (Lipinski definition) is 1. The molecule has 1 atom stereocenters. The molecule has 1 aromatic heterocycles. The van der Waals surface area contributed by atoms with Crippen LogP contribution in [-0.4, -0.2) is 34.9 Å². The first-order valence-corrected chi connectivity index (χ1v) is 7.07. The van der Waals surface area contributed by atoms with Crippen LogP contribution in [0.25, 0.3) is 10.9 Å². The average molecular weight is 287 g/mol. The van der Waals surface area contributed by atoms with E-state index in [1.165, 1.54) is 6.20 Å². The Kier molecular flexibility index (Phi) is 3.96. The van der Waals surface area contributed by atoms with Gasteiger partial charge in [0.1, 0.15) is 6.54 Å². The molecular formula is C15H17N3O3. The second-order valence-electron chi connectivity index (χ2n) is 5.12. The van der Waals surface area contributed by atoms with E-state index in [-0.39, 0.29) is 24.0 Å². The fourth-order valence-electron chi connectivity index (χ4n) is 2.51. The normalized spacial score (nSPS) is 18.0. The van der Waals surface area contributed by atoms with Crippen molar-refractivity contribution in [2.24, 2.45) is 0 Å². The maximum atomic E-state index is 12.0. The molecule has 2 heterocycles. The first-order valence-electron chi connectivity index (χ1n) is 7.07. The summed E-state index contributed by atoms with van der Waals surface area (Å²) in [4.78, 5) is 23.7. The van der Waals surface area contributed by atoms with Gasteiger partial charge in [0, 0.05) is 18.5 Å². The van der Waals surface area contributed by atoms with Gasteiger partial charge in [0.05, 0.1) is 17.8 Å². The zero-order chi connectivity index (χ0) is 14.7. The largest absolute Gasteiger partial charge is 0.376 e. The SMILES string of the molecule is O=C(Cn1ncc(=O)c2ccccc21)NCC1CCCO1. The third kappa shape index (κ3) is 3.11. The van der Waals surface area contributed by atoms with E-state index in [1.807, 2.05) is 6.07 Å². The predicted molar refractivity (Wildman–Crippen MR) is 78.0 cm³/mol. The highest BCUT2D eigenvalue weighted by molar-refractivity contribution is 5.81. The minimum Gasteiger partial charge on any atom is -0.376 e. The summed E-state index contributed by atoms with van der Waals surface area (Å²) in [5.74, 6) is -0.133. The lowest BCUT2D eigenvalue weighted by atomic mass is 10.2. The van der Waals surface area contributed by atoms with Crippen LogP contribution in [0.3, 0.4) is 0 Å². The fourth-order valence-corrected chi connectivity index (χ4v) is 2.51. The molecule has 1 saturated heterocycles. The topological polar surface area (TPSA) is 73.2 Å². The summed E-state index contributed by atoms with van der Waals surface area (Å²) in [7, 11) is 0. The lowest BCUT2D eigenvalue weighted by Crippen LogP contribution is -2.34. The number of aromatic nitrogens is 2. The van der Waals surface area contributed by atoms with Gasteiger partial charge in [-0.3, -0.25) is 14.3 Å². The van der Waals surface area contributed by atoms with Gasteiger partial charge in [0.25, 0.3) is 0 Å². The van der Waals surface area contributed by atoms with Crippen LogP contribution in [0.15, 0.2) is 35.3 Å². The van der Waals surface area contributed by atoms with Crippen molar-refractivity contribution in [1.82, 2.24) is 15.1 Å². The first kappa shape index (κ1) is 13.8. The van der Waals surface area contributed by atoms with E-state index in [0.717, 1.165) is 19.4 Å². The maximum Gasteiger partial charge on any atom is 0.241 e.